The zero-order chi connectivity index (χ0) is 17.6. The van der Waals surface area contributed by atoms with Gasteiger partial charge in [-0.3, -0.25) is 4.79 Å². The maximum Gasteiger partial charge on any atom is 0.244 e. The molecule has 2 aliphatic rings. The molecule has 1 amide bonds. The lowest BCUT2D eigenvalue weighted by molar-refractivity contribution is -0.130. The van der Waals surface area contributed by atoms with Crippen molar-refractivity contribution in [2.45, 2.75) is 63.8 Å². The summed E-state index contributed by atoms with van der Waals surface area (Å²) in [6.45, 7) is 0.112. The third-order valence-electron chi connectivity index (χ3n) is 5.56. The quantitative estimate of drug-likeness (QED) is 0.652. The minimum atomic E-state index is 0.0479. The second-order valence-corrected chi connectivity index (χ2v) is 7.27. The molecule has 0 unspecified atom stereocenters. The van der Waals surface area contributed by atoms with Crippen LogP contribution in [0.25, 0.3) is 0 Å². The summed E-state index contributed by atoms with van der Waals surface area (Å²) >= 11 is 0. The lowest BCUT2D eigenvalue weighted by atomic mass is 9.90. The minimum absolute atomic E-state index is 0.0479. The third kappa shape index (κ3) is 4.53. The van der Waals surface area contributed by atoms with E-state index in [-0.39, 0.29) is 12.5 Å². The van der Waals surface area contributed by atoms with Crippen molar-refractivity contribution in [2.24, 2.45) is 10.7 Å². The van der Waals surface area contributed by atoms with Crippen molar-refractivity contribution < 1.29 is 4.79 Å². The van der Waals surface area contributed by atoms with Gasteiger partial charge in [-0.15, -0.1) is 0 Å². The summed E-state index contributed by atoms with van der Waals surface area (Å²) in [5.74, 6) is 0.371. The number of carbonyl (C=O) groups is 1. The maximum absolute atomic E-state index is 12.4. The summed E-state index contributed by atoms with van der Waals surface area (Å²) in [5, 5.41) is 3.20. The number of guanidine groups is 1. The van der Waals surface area contributed by atoms with Gasteiger partial charge >= 0.3 is 0 Å². The predicted octanol–water partition coefficient (Wildman–Crippen LogP) is 3.08. The van der Waals surface area contributed by atoms with Crippen LogP contribution in [0.15, 0.2) is 23.2 Å². The number of hydrogen-bond donors (Lipinski definition) is 2. The zero-order valence-corrected chi connectivity index (χ0v) is 15.3. The van der Waals surface area contributed by atoms with Gasteiger partial charge in [-0.25, -0.2) is 4.99 Å². The molecule has 5 nitrogen and oxygen atoms in total. The van der Waals surface area contributed by atoms with Gasteiger partial charge in [0.25, 0.3) is 0 Å². The molecule has 1 aromatic carbocycles. The molecule has 136 valence electrons. The monoisotopic (exact) mass is 342 g/mol. The Kier molecular flexibility index (Phi) is 5.95. The summed E-state index contributed by atoms with van der Waals surface area (Å²) in [4.78, 5) is 18.5. The van der Waals surface area contributed by atoms with Crippen LogP contribution < -0.4 is 11.1 Å². The Labute approximate surface area is 150 Å². The molecule has 0 bridgehead atoms. The van der Waals surface area contributed by atoms with E-state index in [0.29, 0.717) is 12.0 Å². The molecule has 3 rings (SSSR count). The van der Waals surface area contributed by atoms with Gasteiger partial charge in [0.2, 0.25) is 5.91 Å². The van der Waals surface area contributed by atoms with Crippen molar-refractivity contribution in [3.8, 4) is 0 Å². The van der Waals surface area contributed by atoms with Gasteiger partial charge in [-0.2, -0.15) is 0 Å². The first kappa shape index (κ1) is 17.8. The summed E-state index contributed by atoms with van der Waals surface area (Å²) in [6, 6.07) is 6.66. The average molecular weight is 342 g/mol. The van der Waals surface area contributed by atoms with Crippen molar-refractivity contribution in [2.75, 3.05) is 18.9 Å². The molecule has 0 aromatic heterocycles. The van der Waals surface area contributed by atoms with Crippen LogP contribution in [0.3, 0.4) is 0 Å². The normalized spacial score (nSPS) is 18.5. The largest absolute Gasteiger partial charge is 0.370 e. The molecule has 3 N–H and O–H groups in total. The number of fused-ring (bicyclic) bond motifs is 1. The van der Waals surface area contributed by atoms with Gasteiger partial charge < -0.3 is 16.0 Å². The fourth-order valence-electron chi connectivity index (χ4n) is 4.01. The second kappa shape index (κ2) is 8.37. The van der Waals surface area contributed by atoms with Crippen molar-refractivity contribution in [3.63, 3.8) is 0 Å². The molecule has 0 radical (unpaired) electrons. The van der Waals surface area contributed by atoms with E-state index in [2.05, 4.69) is 22.4 Å². The van der Waals surface area contributed by atoms with Crippen LogP contribution >= 0.6 is 0 Å². The Morgan fingerprint density at radius 1 is 1.20 bits per heavy atom. The van der Waals surface area contributed by atoms with Gasteiger partial charge in [-0.05, 0) is 55.7 Å². The Morgan fingerprint density at radius 2 is 1.96 bits per heavy atom. The van der Waals surface area contributed by atoms with Gasteiger partial charge in [-0.1, -0.05) is 31.4 Å². The molecule has 0 heterocycles. The molecular formula is C20H30N4O. The number of rotatable bonds is 4. The summed E-state index contributed by atoms with van der Waals surface area (Å²) in [6.07, 6.45) is 10.6. The second-order valence-electron chi connectivity index (χ2n) is 7.27. The van der Waals surface area contributed by atoms with Gasteiger partial charge in [0.15, 0.2) is 5.96 Å². The topological polar surface area (TPSA) is 70.7 Å². The molecule has 2 aliphatic carbocycles. The van der Waals surface area contributed by atoms with Crippen LogP contribution in [-0.2, 0) is 17.6 Å². The highest BCUT2D eigenvalue weighted by molar-refractivity contribution is 5.94. The highest BCUT2D eigenvalue weighted by Crippen LogP contribution is 2.27. The third-order valence-corrected chi connectivity index (χ3v) is 5.56. The zero-order valence-electron chi connectivity index (χ0n) is 15.3. The number of nitrogens with one attached hydrogen (secondary N) is 1. The first-order valence-electron chi connectivity index (χ1n) is 9.58. The van der Waals surface area contributed by atoms with E-state index < -0.39 is 0 Å². The first-order valence-corrected chi connectivity index (χ1v) is 9.58. The van der Waals surface area contributed by atoms with E-state index in [1.54, 1.807) is 0 Å². The number of hydrogen-bond acceptors (Lipinski definition) is 2. The number of benzene rings is 1. The van der Waals surface area contributed by atoms with Crippen LogP contribution in [0.1, 0.15) is 56.1 Å². The lowest BCUT2D eigenvalue weighted by Gasteiger charge is -2.30. The molecule has 1 aromatic rings. The molecule has 25 heavy (non-hydrogen) atoms. The van der Waals surface area contributed by atoms with Crippen LogP contribution in [0.5, 0.6) is 0 Å². The van der Waals surface area contributed by atoms with Gasteiger partial charge in [0.05, 0.1) is 0 Å². The number of carbonyl (C=O) groups excluding carboxylic acids is 1. The molecule has 0 spiro atoms. The minimum Gasteiger partial charge on any atom is -0.370 e. The SMILES string of the molecule is CN(C(=O)CN=C(N)Nc1cccc2c1CCCC2)C1CCCCC1. The molecule has 0 aliphatic heterocycles. The summed E-state index contributed by atoms with van der Waals surface area (Å²) in [7, 11) is 1.89. The maximum atomic E-state index is 12.4. The number of nitrogens with zero attached hydrogens (tertiary/aromatic N) is 2. The van der Waals surface area contributed by atoms with E-state index >= 15 is 0 Å². The standard InChI is InChI=1S/C20H30N4O/c1-24(16-10-3-2-4-11-16)19(25)14-22-20(21)23-18-13-7-9-15-8-5-6-12-17(15)18/h7,9,13,16H,2-6,8,10-12,14H2,1H3,(H3,21,22,23). The number of anilines is 1. The number of aliphatic imine (C=N–C) groups is 1. The summed E-state index contributed by atoms with van der Waals surface area (Å²) in [5.41, 5.74) is 9.81. The average Bonchev–Trinajstić information content (AvgIpc) is 2.66. The Bertz CT molecular complexity index is 635. The van der Waals surface area contributed by atoms with E-state index in [1.165, 1.54) is 43.2 Å². The molecule has 1 saturated carbocycles. The molecular weight excluding hydrogens is 312 g/mol. The van der Waals surface area contributed by atoms with E-state index in [0.717, 1.165) is 31.4 Å². The highest BCUT2D eigenvalue weighted by atomic mass is 16.2. The molecule has 5 heteroatoms. The van der Waals surface area contributed by atoms with E-state index in [9.17, 15) is 4.79 Å². The number of aryl methyl sites for hydroxylation is 1. The van der Waals surface area contributed by atoms with Crippen LogP contribution in [0.4, 0.5) is 5.69 Å². The number of amides is 1. The Hall–Kier alpha value is -2.04. The van der Waals surface area contributed by atoms with E-state index in [1.807, 2.05) is 18.0 Å². The van der Waals surface area contributed by atoms with Crippen molar-refractivity contribution in [1.82, 2.24) is 4.90 Å². The van der Waals surface area contributed by atoms with Crippen molar-refractivity contribution in [1.29, 1.82) is 0 Å². The Balaban J connectivity index is 1.58. The highest BCUT2D eigenvalue weighted by Gasteiger charge is 2.21. The van der Waals surface area contributed by atoms with Gasteiger partial charge in [0, 0.05) is 18.8 Å². The Morgan fingerprint density at radius 3 is 2.76 bits per heavy atom. The fraction of sp³-hybridized carbons (Fsp3) is 0.600. The van der Waals surface area contributed by atoms with Crippen LogP contribution in [-0.4, -0.2) is 36.4 Å². The first-order chi connectivity index (χ1) is 12.1. The summed E-state index contributed by atoms with van der Waals surface area (Å²) < 4.78 is 0. The number of likely N-dealkylation sites (N-methyl/N-ethyl adjacent to an activating group) is 1. The molecule has 0 atom stereocenters. The van der Waals surface area contributed by atoms with Gasteiger partial charge in [0.1, 0.15) is 6.54 Å². The van der Waals surface area contributed by atoms with Crippen molar-refractivity contribution >= 4 is 17.6 Å². The smallest absolute Gasteiger partial charge is 0.244 e. The fourth-order valence-corrected chi connectivity index (χ4v) is 4.01. The van der Waals surface area contributed by atoms with Crippen LogP contribution in [0.2, 0.25) is 0 Å². The molecule has 0 saturated heterocycles. The van der Waals surface area contributed by atoms with E-state index in [4.69, 9.17) is 5.73 Å². The molecule has 1 fully saturated rings. The van der Waals surface area contributed by atoms with Crippen LogP contribution in [0, 0.1) is 0 Å². The lowest BCUT2D eigenvalue weighted by Crippen LogP contribution is -2.40. The predicted molar refractivity (Wildman–Crippen MR) is 103 cm³/mol. The number of nitrogens with two attached hydrogens (primary N) is 1. The van der Waals surface area contributed by atoms with Crippen molar-refractivity contribution in [3.05, 3.63) is 29.3 Å².